The summed E-state index contributed by atoms with van der Waals surface area (Å²) in [5.41, 5.74) is 6.67. The smallest absolute Gasteiger partial charge is 0.387 e. The van der Waals surface area contributed by atoms with Crippen molar-refractivity contribution in [3.8, 4) is 5.75 Å². The molecular formula is C13H19F2NO2. The summed E-state index contributed by atoms with van der Waals surface area (Å²) in [7, 11) is 1.62. The summed E-state index contributed by atoms with van der Waals surface area (Å²) >= 11 is 0. The number of alkyl halides is 2. The molecule has 2 N–H and O–H groups in total. The molecular weight excluding hydrogens is 240 g/mol. The normalized spacial score (nSPS) is 14.6. The zero-order chi connectivity index (χ0) is 13.5. The van der Waals surface area contributed by atoms with Crippen molar-refractivity contribution in [3.63, 3.8) is 0 Å². The third kappa shape index (κ3) is 4.23. The summed E-state index contributed by atoms with van der Waals surface area (Å²) in [5, 5.41) is 0. The lowest BCUT2D eigenvalue weighted by Crippen LogP contribution is -2.21. The summed E-state index contributed by atoms with van der Waals surface area (Å²) in [6.07, 6.45) is 0.765. The highest BCUT2D eigenvalue weighted by Crippen LogP contribution is 2.30. The second-order valence-corrected chi connectivity index (χ2v) is 4.20. The largest absolute Gasteiger partial charge is 0.434 e. The summed E-state index contributed by atoms with van der Waals surface area (Å²) in [4.78, 5) is 0. The first-order valence-corrected chi connectivity index (χ1v) is 5.84. The fourth-order valence-electron chi connectivity index (χ4n) is 1.75. The maximum absolute atomic E-state index is 12.3. The van der Waals surface area contributed by atoms with Crippen LogP contribution in [-0.4, -0.2) is 20.3 Å². The molecule has 0 aliphatic carbocycles. The van der Waals surface area contributed by atoms with Crippen LogP contribution in [0, 0.1) is 5.92 Å². The van der Waals surface area contributed by atoms with Crippen molar-refractivity contribution >= 4 is 0 Å². The maximum atomic E-state index is 12.3. The fraction of sp³-hybridized carbons (Fsp3) is 0.538. The van der Waals surface area contributed by atoms with Crippen molar-refractivity contribution in [2.45, 2.75) is 26.0 Å². The van der Waals surface area contributed by atoms with Gasteiger partial charge < -0.3 is 15.2 Å². The molecule has 0 saturated heterocycles. The van der Waals surface area contributed by atoms with E-state index in [4.69, 9.17) is 10.5 Å². The Morgan fingerprint density at radius 3 is 2.56 bits per heavy atom. The molecule has 0 saturated carbocycles. The van der Waals surface area contributed by atoms with Crippen molar-refractivity contribution in [1.29, 1.82) is 0 Å². The Morgan fingerprint density at radius 1 is 1.28 bits per heavy atom. The van der Waals surface area contributed by atoms with E-state index in [2.05, 4.69) is 4.74 Å². The number of rotatable bonds is 7. The van der Waals surface area contributed by atoms with Crippen LogP contribution in [-0.2, 0) is 4.74 Å². The Labute approximate surface area is 106 Å². The molecule has 5 heteroatoms. The van der Waals surface area contributed by atoms with Crippen molar-refractivity contribution in [1.82, 2.24) is 0 Å². The third-order valence-electron chi connectivity index (χ3n) is 2.88. The van der Waals surface area contributed by atoms with Gasteiger partial charge >= 0.3 is 6.61 Å². The van der Waals surface area contributed by atoms with Gasteiger partial charge in [-0.1, -0.05) is 25.1 Å². The predicted molar refractivity (Wildman–Crippen MR) is 65.7 cm³/mol. The molecule has 0 fully saturated rings. The molecule has 0 spiro atoms. The van der Waals surface area contributed by atoms with Gasteiger partial charge in [-0.15, -0.1) is 0 Å². The topological polar surface area (TPSA) is 44.5 Å². The van der Waals surface area contributed by atoms with E-state index >= 15 is 0 Å². The minimum Gasteiger partial charge on any atom is -0.434 e. The minimum absolute atomic E-state index is 0.118. The van der Waals surface area contributed by atoms with Crippen LogP contribution in [0.1, 0.15) is 24.9 Å². The molecule has 18 heavy (non-hydrogen) atoms. The standard InChI is InChI=1S/C13H19F2NO2/c1-9(7-8-17-2)12(16)10-5-3-4-6-11(10)18-13(14)15/h3-6,9,12-13H,7-8,16H2,1-2H3. The zero-order valence-corrected chi connectivity index (χ0v) is 10.6. The number of methoxy groups -OCH3 is 1. The van der Waals surface area contributed by atoms with Gasteiger partial charge in [0.2, 0.25) is 0 Å². The zero-order valence-electron chi connectivity index (χ0n) is 10.6. The lowest BCUT2D eigenvalue weighted by Gasteiger charge is -2.22. The summed E-state index contributed by atoms with van der Waals surface area (Å²) in [5.74, 6) is 0.261. The molecule has 1 rings (SSSR count). The average molecular weight is 259 g/mol. The number of halogens is 2. The van der Waals surface area contributed by atoms with E-state index < -0.39 is 6.61 Å². The van der Waals surface area contributed by atoms with Crippen LogP contribution >= 0.6 is 0 Å². The van der Waals surface area contributed by atoms with Crippen molar-refractivity contribution in [2.24, 2.45) is 11.7 Å². The van der Waals surface area contributed by atoms with E-state index in [1.165, 1.54) is 6.07 Å². The molecule has 3 nitrogen and oxygen atoms in total. The Hall–Kier alpha value is -1.20. The monoisotopic (exact) mass is 259 g/mol. The van der Waals surface area contributed by atoms with Crippen molar-refractivity contribution in [3.05, 3.63) is 29.8 Å². The third-order valence-corrected chi connectivity index (χ3v) is 2.88. The van der Waals surface area contributed by atoms with Crippen LogP contribution < -0.4 is 10.5 Å². The van der Waals surface area contributed by atoms with E-state index in [9.17, 15) is 8.78 Å². The van der Waals surface area contributed by atoms with Gasteiger partial charge in [0.15, 0.2) is 0 Å². The second-order valence-electron chi connectivity index (χ2n) is 4.20. The second kappa shape index (κ2) is 7.28. The first-order chi connectivity index (χ1) is 8.56. The quantitative estimate of drug-likeness (QED) is 0.818. The first-order valence-electron chi connectivity index (χ1n) is 5.84. The SMILES string of the molecule is COCCC(C)C(N)c1ccccc1OC(F)F. The number of ether oxygens (including phenoxy) is 2. The Kier molecular flexibility index (Phi) is 6.01. The molecule has 102 valence electrons. The summed E-state index contributed by atoms with van der Waals surface area (Å²) < 4.78 is 34.0. The Morgan fingerprint density at radius 2 is 1.94 bits per heavy atom. The molecule has 0 aromatic heterocycles. The van der Waals surface area contributed by atoms with E-state index in [-0.39, 0.29) is 17.7 Å². The van der Waals surface area contributed by atoms with Gasteiger partial charge in [-0.2, -0.15) is 8.78 Å². The predicted octanol–water partition coefficient (Wildman–Crippen LogP) is 2.96. The van der Waals surface area contributed by atoms with E-state index in [1.807, 2.05) is 6.92 Å². The van der Waals surface area contributed by atoms with Crippen LogP contribution in [0.3, 0.4) is 0 Å². The molecule has 2 unspecified atom stereocenters. The highest BCUT2D eigenvalue weighted by molar-refractivity contribution is 5.36. The van der Waals surface area contributed by atoms with E-state index in [0.717, 1.165) is 6.42 Å². The molecule has 1 aromatic rings. The molecule has 1 aromatic carbocycles. The minimum atomic E-state index is -2.84. The van der Waals surface area contributed by atoms with Gasteiger partial charge in [-0.3, -0.25) is 0 Å². The van der Waals surface area contributed by atoms with Crippen LogP contribution in [0.25, 0.3) is 0 Å². The van der Waals surface area contributed by atoms with Gasteiger partial charge in [0.1, 0.15) is 5.75 Å². The maximum Gasteiger partial charge on any atom is 0.387 e. The fourth-order valence-corrected chi connectivity index (χ4v) is 1.75. The van der Waals surface area contributed by atoms with Crippen LogP contribution in [0.4, 0.5) is 8.78 Å². The highest BCUT2D eigenvalue weighted by atomic mass is 19.3. The Bertz CT molecular complexity index is 361. The molecule has 0 bridgehead atoms. The number of nitrogens with two attached hydrogens (primary N) is 1. The molecule has 0 heterocycles. The van der Waals surface area contributed by atoms with Crippen LogP contribution in [0.15, 0.2) is 24.3 Å². The van der Waals surface area contributed by atoms with Gasteiger partial charge in [-0.05, 0) is 18.4 Å². The molecule has 0 aliphatic heterocycles. The van der Waals surface area contributed by atoms with Crippen LogP contribution in [0.5, 0.6) is 5.75 Å². The first kappa shape index (κ1) is 14.9. The highest BCUT2D eigenvalue weighted by Gasteiger charge is 2.19. The number of hydrogen-bond acceptors (Lipinski definition) is 3. The number of benzene rings is 1. The molecule has 0 amide bonds. The summed E-state index contributed by atoms with van der Waals surface area (Å²) in [6.45, 7) is -0.289. The molecule has 2 atom stereocenters. The average Bonchev–Trinajstić information content (AvgIpc) is 2.35. The van der Waals surface area contributed by atoms with E-state index in [0.29, 0.717) is 12.2 Å². The van der Waals surface area contributed by atoms with Gasteiger partial charge in [0.25, 0.3) is 0 Å². The lowest BCUT2D eigenvalue weighted by molar-refractivity contribution is -0.0507. The van der Waals surface area contributed by atoms with Gasteiger partial charge in [0, 0.05) is 25.3 Å². The Balaban J connectivity index is 2.80. The van der Waals surface area contributed by atoms with Crippen molar-refractivity contribution in [2.75, 3.05) is 13.7 Å². The van der Waals surface area contributed by atoms with Gasteiger partial charge in [0.05, 0.1) is 0 Å². The number of para-hydroxylation sites is 1. The van der Waals surface area contributed by atoms with Crippen molar-refractivity contribution < 1.29 is 18.3 Å². The lowest BCUT2D eigenvalue weighted by atomic mass is 9.92. The summed E-state index contributed by atoms with van der Waals surface area (Å²) in [6, 6.07) is 6.27. The van der Waals surface area contributed by atoms with Crippen LogP contribution in [0.2, 0.25) is 0 Å². The molecule has 0 radical (unpaired) electrons. The number of hydrogen-bond donors (Lipinski definition) is 1. The van der Waals surface area contributed by atoms with Gasteiger partial charge in [-0.25, -0.2) is 0 Å². The molecule has 0 aliphatic rings. The van der Waals surface area contributed by atoms with E-state index in [1.54, 1.807) is 25.3 Å².